The average molecular weight is 263 g/mol. The van der Waals surface area contributed by atoms with E-state index in [9.17, 15) is 9.90 Å². The molecule has 104 valence electrons. The number of carbonyl (C=O) groups is 1. The molecule has 0 aliphatic carbocycles. The molecule has 1 unspecified atom stereocenters. The molecule has 1 fully saturated rings. The lowest BCUT2D eigenvalue weighted by Crippen LogP contribution is -2.52. The molecule has 5 nitrogen and oxygen atoms in total. The third-order valence-electron chi connectivity index (χ3n) is 3.82. The van der Waals surface area contributed by atoms with Crippen LogP contribution in [0.3, 0.4) is 0 Å². The molecular formula is C14H21N3O2. The van der Waals surface area contributed by atoms with Crippen LogP contribution in [0.1, 0.15) is 29.8 Å². The van der Waals surface area contributed by atoms with Gasteiger partial charge in [-0.1, -0.05) is 6.92 Å². The van der Waals surface area contributed by atoms with E-state index in [1.54, 1.807) is 12.3 Å². The summed E-state index contributed by atoms with van der Waals surface area (Å²) in [5.74, 6) is -0.290. The summed E-state index contributed by atoms with van der Waals surface area (Å²) in [5.41, 5.74) is 1.10. The van der Waals surface area contributed by atoms with Crippen molar-refractivity contribution >= 4 is 11.8 Å². The van der Waals surface area contributed by atoms with Crippen LogP contribution in [0.4, 0.5) is 5.82 Å². The first-order valence-electron chi connectivity index (χ1n) is 6.72. The lowest BCUT2D eigenvalue weighted by molar-refractivity contribution is 0.0696. The number of carboxylic acid groups (broad SMARTS) is 1. The Balaban J connectivity index is 2.28. The highest BCUT2D eigenvalue weighted by atomic mass is 16.4. The third-order valence-corrected chi connectivity index (χ3v) is 3.82. The molecule has 0 amide bonds. The lowest BCUT2D eigenvalue weighted by atomic mass is 10.1. The number of likely N-dealkylation sites (N-methyl/N-ethyl adjacent to an activating group) is 1. The van der Waals surface area contributed by atoms with E-state index < -0.39 is 5.97 Å². The van der Waals surface area contributed by atoms with Gasteiger partial charge in [0.2, 0.25) is 0 Å². The molecule has 1 saturated heterocycles. The first-order valence-corrected chi connectivity index (χ1v) is 6.72. The zero-order chi connectivity index (χ0) is 14.0. The maximum Gasteiger partial charge on any atom is 0.339 e. The molecular weight excluding hydrogens is 242 g/mol. The van der Waals surface area contributed by atoms with Crippen LogP contribution in [0.15, 0.2) is 12.3 Å². The minimum atomic E-state index is -0.897. The number of rotatable bonds is 3. The normalized spacial score (nSPS) is 20.6. The Morgan fingerprint density at radius 1 is 1.53 bits per heavy atom. The first kappa shape index (κ1) is 13.8. The first-order chi connectivity index (χ1) is 9.04. The van der Waals surface area contributed by atoms with Gasteiger partial charge < -0.3 is 10.0 Å². The fraction of sp³-hybridized carbons (Fsp3) is 0.571. The van der Waals surface area contributed by atoms with Gasteiger partial charge in [0.1, 0.15) is 11.4 Å². The van der Waals surface area contributed by atoms with Gasteiger partial charge in [0.15, 0.2) is 0 Å². The molecule has 0 saturated carbocycles. The molecule has 2 heterocycles. The monoisotopic (exact) mass is 263 g/mol. The van der Waals surface area contributed by atoms with Crippen molar-refractivity contribution in [3.05, 3.63) is 23.4 Å². The number of piperazine rings is 1. The summed E-state index contributed by atoms with van der Waals surface area (Å²) >= 11 is 0. The topological polar surface area (TPSA) is 56.7 Å². The predicted molar refractivity (Wildman–Crippen MR) is 74.9 cm³/mol. The van der Waals surface area contributed by atoms with Crippen LogP contribution in [-0.4, -0.2) is 53.2 Å². The quantitative estimate of drug-likeness (QED) is 0.898. The number of carboxylic acids is 1. The van der Waals surface area contributed by atoms with E-state index in [1.165, 1.54) is 0 Å². The third kappa shape index (κ3) is 2.71. The minimum absolute atomic E-state index is 0.333. The summed E-state index contributed by atoms with van der Waals surface area (Å²) in [5, 5.41) is 9.36. The van der Waals surface area contributed by atoms with Crippen LogP contribution >= 0.6 is 0 Å². The molecule has 1 N–H and O–H groups in total. The van der Waals surface area contributed by atoms with Crippen LogP contribution in [0.25, 0.3) is 0 Å². The standard InChI is InChI=1S/C14H21N3O2/c1-4-16-7-8-17(9-11(16)3)13-12(14(18)19)10(2)5-6-15-13/h5-6,11H,4,7-9H2,1-3H3,(H,18,19). The Kier molecular flexibility index (Phi) is 4.04. The maximum atomic E-state index is 11.4. The summed E-state index contributed by atoms with van der Waals surface area (Å²) in [6.07, 6.45) is 1.69. The molecule has 1 atom stereocenters. The molecule has 2 rings (SSSR count). The second kappa shape index (κ2) is 5.57. The molecule has 19 heavy (non-hydrogen) atoms. The highest BCUT2D eigenvalue weighted by Crippen LogP contribution is 2.23. The van der Waals surface area contributed by atoms with Gasteiger partial charge in [-0.3, -0.25) is 4.90 Å². The highest BCUT2D eigenvalue weighted by molar-refractivity contribution is 5.95. The van der Waals surface area contributed by atoms with Crippen LogP contribution in [-0.2, 0) is 0 Å². The number of aryl methyl sites for hydroxylation is 1. The summed E-state index contributed by atoms with van der Waals surface area (Å²) in [6.45, 7) is 9.78. The average Bonchev–Trinajstić information content (AvgIpc) is 2.37. The largest absolute Gasteiger partial charge is 0.478 e. The summed E-state index contributed by atoms with van der Waals surface area (Å²) in [4.78, 5) is 20.2. The van der Waals surface area contributed by atoms with E-state index >= 15 is 0 Å². The lowest BCUT2D eigenvalue weighted by Gasteiger charge is -2.40. The van der Waals surface area contributed by atoms with Gasteiger partial charge in [0.05, 0.1) is 0 Å². The van der Waals surface area contributed by atoms with E-state index in [1.807, 2.05) is 6.92 Å². The van der Waals surface area contributed by atoms with Crippen LogP contribution in [0.5, 0.6) is 0 Å². The molecule has 1 aliphatic rings. The SMILES string of the molecule is CCN1CCN(c2nccc(C)c2C(=O)O)CC1C. The van der Waals surface area contributed by atoms with Crippen molar-refractivity contribution < 1.29 is 9.90 Å². The molecule has 0 radical (unpaired) electrons. The Hall–Kier alpha value is -1.62. The molecule has 5 heteroatoms. The van der Waals surface area contributed by atoms with Crippen molar-refractivity contribution in [2.75, 3.05) is 31.1 Å². The summed E-state index contributed by atoms with van der Waals surface area (Å²) in [6, 6.07) is 2.17. The van der Waals surface area contributed by atoms with Gasteiger partial charge in [-0.15, -0.1) is 0 Å². The van der Waals surface area contributed by atoms with Gasteiger partial charge >= 0.3 is 5.97 Å². The smallest absolute Gasteiger partial charge is 0.339 e. The van der Waals surface area contributed by atoms with Crippen molar-refractivity contribution in [3.8, 4) is 0 Å². The Bertz CT molecular complexity index is 476. The number of pyridine rings is 1. The van der Waals surface area contributed by atoms with Crippen molar-refractivity contribution in [1.82, 2.24) is 9.88 Å². The van der Waals surface area contributed by atoms with Crippen LogP contribution in [0.2, 0.25) is 0 Å². The van der Waals surface area contributed by atoms with Crippen molar-refractivity contribution in [1.29, 1.82) is 0 Å². The zero-order valence-corrected chi connectivity index (χ0v) is 11.8. The van der Waals surface area contributed by atoms with Gasteiger partial charge in [-0.2, -0.15) is 0 Å². The predicted octanol–water partition coefficient (Wildman–Crippen LogP) is 1.62. The number of anilines is 1. The van der Waals surface area contributed by atoms with E-state index in [0.717, 1.165) is 31.7 Å². The van der Waals surface area contributed by atoms with Gasteiger partial charge in [0, 0.05) is 31.9 Å². The van der Waals surface area contributed by atoms with Crippen LogP contribution < -0.4 is 4.90 Å². The van der Waals surface area contributed by atoms with E-state index in [0.29, 0.717) is 17.4 Å². The van der Waals surface area contributed by atoms with Crippen molar-refractivity contribution in [2.45, 2.75) is 26.8 Å². The number of hydrogen-bond acceptors (Lipinski definition) is 4. The van der Waals surface area contributed by atoms with Crippen molar-refractivity contribution in [3.63, 3.8) is 0 Å². The van der Waals surface area contributed by atoms with Gasteiger partial charge in [-0.25, -0.2) is 9.78 Å². The van der Waals surface area contributed by atoms with Gasteiger partial charge in [-0.05, 0) is 32.0 Å². The Morgan fingerprint density at radius 3 is 2.84 bits per heavy atom. The fourth-order valence-corrected chi connectivity index (χ4v) is 2.71. The zero-order valence-electron chi connectivity index (χ0n) is 11.8. The summed E-state index contributed by atoms with van der Waals surface area (Å²) < 4.78 is 0. The molecule has 1 aliphatic heterocycles. The fourth-order valence-electron chi connectivity index (χ4n) is 2.71. The van der Waals surface area contributed by atoms with E-state index in [2.05, 4.69) is 28.6 Å². The highest BCUT2D eigenvalue weighted by Gasteiger charge is 2.26. The number of aromatic carboxylic acids is 1. The Labute approximate surface area is 113 Å². The Morgan fingerprint density at radius 2 is 2.26 bits per heavy atom. The number of hydrogen-bond donors (Lipinski definition) is 1. The number of nitrogens with zero attached hydrogens (tertiary/aromatic N) is 3. The minimum Gasteiger partial charge on any atom is -0.478 e. The van der Waals surface area contributed by atoms with E-state index in [4.69, 9.17) is 0 Å². The van der Waals surface area contributed by atoms with Crippen LogP contribution in [0, 0.1) is 6.92 Å². The van der Waals surface area contributed by atoms with Crippen molar-refractivity contribution in [2.24, 2.45) is 0 Å². The van der Waals surface area contributed by atoms with Gasteiger partial charge in [0.25, 0.3) is 0 Å². The van der Waals surface area contributed by atoms with E-state index in [-0.39, 0.29) is 0 Å². The molecule has 0 aromatic carbocycles. The second-order valence-electron chi connectivity index (χ2n) is 5.06. The number of aromatic nitrogens is 1. The second-order valence-corrected chi connectivity index (χ2v) is 5.06. The molecule has 1 aromatic rings. The molecule has 1 aromatic heterocycles. The molecule has 0 spiro atoms. The maximum absolute atomic E-state index is 11.4. The molecule has 0 bridgehead atoms. The summed E-state index contributed by atoms with van der Waals surface area (Å²) in [7, 11) is 0.